The minimum atomic E-state index is -4.69. The number of halogens is 3. The molecule has 2 aliphatic heterocycles. The van der Waals surface area contributed by atoms with Crippen molar-refractivity contribution in [3.63, 3.8) is 0 Å². The topological polar surface area (TPSA) is 63.5 Å². The van der Waals surface area contributed by atoms with Gasteiger partial charge >= 0.3 is 6.36 Å². The third-order valence-electron chi connectivity index (χ3n) is 6.15. The molecule has 0 bridgehead atoms. The third kappa shape index (κ3) is 4.39. The third-order valence-corrected chi connectivity index (χ3v) is 6.15. The molecule has 2 fully saturated rings. The summed E-state index contributed by atoms with van der Waals surface area (Å²) in [6, 6.07) is 5.96. The van der Waals surface area contributed by atoms with Crippen molar-refractivity contribution >= 4 is 5.91 Å². The van der Waals surface area contributed by atoms with Crippen molar-refractivity contribution in [3.05, 3.63) is 42.0 Å². The Balaban J connectivity index is 1.44. The van der Waals surface area contributed by atoms with Gasteiger partial charge < -0.3 is 14.2 Å². The van der Waals surface area contributed by atoms with E-state index in [0.717, 1.165) is 24.5 Å². The fourth-order valence-electron chi connectivity index (χ4n) is 4.80. The van der Waals surface area contributed by atoms with Gasteiger partial charge in [-0.05, 0) is 17.7 Å². The van der Waals surface area contributed by atoms with Crippen LogP contribution >= 0.6 is 0 Å². The number of nitrogens with zero attached hydrogens (tertiary/aromatic N) is 5. The molecule has 1 aromatic carbocycles. The second-order valence-corrected chi connectivity index (χ2v) is 8.93. The van der Waals surface area contributed by atoms with Gasteiger partial charge in [0.1, 0.15) is 17.9 Å². The van der Waals surface area contributed by atoms with E-state index in [-0.39, 0.29) is 28.9 Å². The number of amides is 1. The molecule has 2 saturated heterocycles. The first-order valence-corrected chi connectivity index (χ1v) is 10.3. The Hall–Kier alpha value is -2.62. The van der Waals surface area contributed by atoms with Gasteiger partial charge in [-0.15, -0.1) is 23.4 Å². The zero-order valence-corrected chi connectivity index (χ0v) is 17.8. The number of rotatable bonds is 5. The van der Waals surface area contributed by atoms with E-state index in [4.69, 9.17) is 0 Å². The summed E-state index contributed by atoms with van der Waals surface area (Å²) < 4.78 is 42.9. The zero-order chi connectivity index (χ0) is 22.4. The largest absolute Gasteiger partial charge is 0.573 e. The number of aromatic nitrogens is 3. The number of ether oxygens (including phenoxy) is 1. The van der Waals surface area contributed by atoms with Crippen molar-refractivity contribution in [1.82, 2.24) is 24.6 Å². The minimum Gasteiger partial charge on any atom is -0.406 e. The SMILES string of the molecule is CC(C)C(=O)N1CC(c2nncn2C)C2(CN(Cc3ccc(OC(F)(F)F)cc3)C2)C1. The molecule has 31 heavy (non-hydrogen) atoms. The number of hydrogen-bond acceptors (Lipinski definition) is 5. The number of aryl methyl sites for hydroxylation is 1. The molecule has 0 radical (unpaired) electrons. The van der Waals surface area contributed by atoms with E-state index in [1.54, 1.807) is 18.5 Å². The zero-order valence-electron chi connectivity index (χ0n) is 17.8. The molecule has 1 unspecified atom stereocenters. The molecule has 4 rings (SSSR count). The Morgan fingerprint density at radius 1 is 1.23 bits per heavy atom. The van der Waals surface area contributed by atoms with Gasteiger partial charge in [-0.3, -0.25) is 9.69 Å². The molecule has 2 aliphatic rings. The lowest BCUT2D eigenvalue weighted by molar-refractivity contribution is -0.274. The Bertz CT molecular complexity index is 935. The Morgan fingerprint density at radius 3 is 2.45 bits per heavy atom. The molecular formula is C21H26F3N5O2. The summed E-state index contributed by atoms with van der Waals surface area (Å²) in [6.45, 7) is 7.31. The van der Waals surface area contributed by atoms with Crippen LogP contribution in [0.2, 0.25) is 0 Å². The Morgan fingerprint density at radius 2 is 1.90 bits per heavy atom. The Labute approximate surface area is 178 Å². The fourth-order valence-corrected chi connectivity index (χ4v) is 4.80. The predicted molar refractivity (Wildman–Crippen MR) is 106 cm³/mol. The second kappa shape index (κ2) is 7.81. The number of likely N-dealkylation sites (tertiary alicyclic amines) is 2. The number of carbonyl (C=O) groups excluding carboxylic acids is 1. The summed E-state index contributed by atoms with van der Waals surface area (Å²) in [4.78, 5) is 16.8. The summed E-state index contributed by atoms with van der Waals surface area (Å²) >= 11 is 0. The Kier molecular flexibility index (Phi) is 5.45. The van der Waals surface area contributed by atoms with Crippen molar-refractivity contribution in [3.8, 4) is 5.75 Å². The number of benzene rings is 1. The van der Waals surface area contributed by atoms with Crippen molar-refractivity contribution in [2.45, 2.75) is 32.7 Å². The fraction of sp³-hybridized carbons (Fsp3) is 0.571. The lowest BCUT2D eigenvalue weighted by atomic mass is 9.71. The summed E-state index contributed by atoms with van der Waals surface area (Å²) in [5.74, 6) is 0.831. The molecule has 3 heterocycles. The smallest absolute Gasteiger partial charge is 0.406 e. The number of alkyl halides is 3. The van der Waals surface area contributed by atoms with E-state index in [0.29, 0.717) is 19.6 Å². The predicted octanol–water partition coefficient (Wildman–Crippen LogP) is 2.80. The van der Waals surface area contributed by atoms with E-state index in [2.05, 4.69) is 19.8 Å². The maximum Gasteiger partial charge on any atom is 0.573 e. The molecule has 2 aromatic rings. The first kappa shape index (κ1) is 21.6. The quantitative estimate of drug-likeness (QED) is 0.720. The van der Waals surface area contributed by atoms with Crippen molar-refractivity contribution in [1.29, 1.82) is 0 Å². The maximum atomic E-state index is 12.7. The van der Waals surface area contributed by atoms with Gasteiger partial charge in [0.05, 0.1) is 0 Å². The van der Waals surface area contributed by atoms with E-state index in [1.807, 2.05) is 30.4 Å². The highest BCUT2D eigenvalue weighted by Gasteiger charge is 2.56. The average Bonchev–Trinajstić information content (AvgIpc) is 3.24. The van der Waals surface area contributed by atoms with E-state index >= 15 is 0 Å². The van der Waals surface area contributed by atoms with Gasteiger partial charge in [-0.2, -0.15) is 0 Å². The molecule has 10 heteroatoms. The van der Waals surface area contributed by atoms with Crippen molar-refractivity contribution in [2.24, 2.45) is 18.4 Å². The lowest BCUT2D eigenvalue weighted by Crippen LogP contribution is -2.59. The van der Waals surface area contributed by atoms with Crippen LogP contribution in [-0.2, 0) is 18.4 Å². The van der Waals surface area contributed by atoms with E-state index in [1.165, 1.54) is 12.1 Å². The maximum absolute atomic E-state index is 12.7. The molecule has 7 nitrogen and oxygen atoms in total. The molecule has 1 amide bonds. The summed E-state index contributed by atoms with van der Waals surface area (Å²) in [5.41, 5.74) is 0.817. The van der Waals surface area contributed by atoms with Gasteiger partial charge in [0.15, 0.2) is 0 Å². The van der Waals surface area contributed by atoms with Crippen LogP contribution in [0.3, 0.4) is 0 Å². The molecule has 0 N–H and O–H groups in total. The van der Waals surface area contributed by atoms with Gasteiger partial charge in [0.2, 0.25) is 5.91 Å². The second-order valence-electron chi connectivity index (χ2n) is 8.93. The van der Waals surface area contributed by atoms with Crippen LogP contribution < -0.4 is 4.74 Å². The molecule has 168 valence electrons. The highest BCUT2D eigenvalue weighted by Crippen LogP contribution is 2.49. The van der Waals surface area contributed by atoms with Gasteiger partial charge in [0.25, 0.3) is 0 Å². The summed E-state index contributed by atoms with van der Waals surface area (Å²) in [6.07, 6.45) is -3.01. The van der Waals surface area contributed by atoms with Crippen LogP contribution in [0.1, 0.15) is 31.2 Å². The van der Waals surface area contributed by atoms with Gasteiger partial charge in [-0.25, -0.2) is 0 Å². The van der Waals surface area contributed by atoms with Crippen LogP contribution in [0.5, 0.6) is 5.75 Å². The van der Waals surface area contributed by atoms with Crippen LogP contribution in [0, 0.1) is 11.3 Å². The van der Waals surface area contributed by atoms with Crippen LogP contribution in [-0.4, -0.2) is 63.0 Å². The summed E-state index contributed by atoms with van der Waals surface area (Å²) in [7, 11) is 1.91. The normalized spacial score (nSPS) is 21.0. The van der Waals surface area contributed by atoms with Gasteiger partial charge in [-0.1, -0.05) is 26.0 Å². The number of hydrogen-bond donors (Lipinski definition) is 0. The molecule has 1 aromatic heterocycles. The molecule has 0 saturated carbocycles. The van der Waals surface area contributed by atoms with Crippen molar-refractivity contribution < 1.29 is 22.7 Å². The standard InChI is InChI=1S/C21H26F3N5O2/c1-14(2)19(30)29-9-17(18-26-25-13-27(18)3)20(12-29)10-28(11-20)8-15-4-6-16(7-5-15)31-21(22,23)24/h4-7,13-14,17H,8-12H2,1-3H3. The van der Waals surface area contributed by atoms with E-state index in [9.17, 15) is 18.0 Å². The molecular weight excluding hydrogens is 411 g/mol. The van der Waals surface area contributed by atoms with Crippen LogP contribution in [0.25, 0.3) is 0 Å². The first-order valence-electron chi connectivity index (χ1n) is 10.3. The lowest BCUT2D eigenvalue weighted by Gasteiger charge is -2.50. The van der Waals surface area contributed by atoms with Gasteiger partial charge in [0, 0.05) is 57.0 Å². The monoisotopic (exact) mass is 437 g/mol. The minimum absolute atomic E-state index is 0.0658. The molecule has 1 spiro atoms. The average molecular weight is 437 g/mol. The first-order chi connectivity index (χ1) is 14.6. The van der Waals surface area contributed by atoms with E-state index < -0.39 is 6.36 Å². The highest BCUT2D eigenvalue weighted by molar-refractivity contribution is 5.78. The van der Waals surface area contributed by atoms with Crippen LogP contribution in [0.15, 0.2) is 30.6 Å². The van der Waals surface area contributed by atoms with Crippen molar-refractivity contribution in [2.75, 3.05) is 26.2 Å². The highest BCUT2D eigenvalue weighted by atomic mass is 19.4. The molecule has 1 atom stereocenters. The summed E-state index contributed by atoms with van der Waals surface area (Å²) in [5, 5.41) is 8.33. The van der Waals surface area contributed by atoms with Crippen LogP contribution in [0.4, 0.5) is 13.2 Å². The number of carbonyl (C=O) groups is 1. The molecule has 0 aliphatic carbocycles.